The Labute approximate surface area is 154 Å². The summed E-state index contributed by atoms with van der Waals surface area (Å²) in [5, 5.41) is 0.592. The van der Waals surface area contributed by atoms with Gasteiger partial charge in [-0.1, -0.05) is 25.0 Å². The second-order valence-corrected chi connectivity index (χ2v) is 7.16. The van der Waals surface area contributed by atoms with Crippen molar-refractivity contribution in [3.63, 3.8) is 0 Å². The van der Waals surface area contributed by atoms with Gasteiger partial charge in [-0.05, 0) is 44.9 Å². The zero-order valence-corrected chi connectivity index (χ0v) is 15.8. The first kappa shape index (κ1) is 18.4. The molecule has 0 saturated carbocycles. The maximum Gasteiger partial charge on any atom is 0.261 e. The Balaban J connectivity index is 2.03. The third-order valence-corrected chi connectivity index (χ3v) is 4.94. The Hall–Kier alpha value is -2.43. The highest BCUT2D eigenvalue weighted by Crippen LogP contribution is 2.17. The molecule has 1 aliphatic heterocycles. The minimum Gasteiger partial charge on any atom is -0.335 e. The standard InChI is InChI=1S/C21H27N3O2/c1-4-23(14-15(2)3)20(25)16-10-11-17-18(13-16)22-19-9-7-5-6-8-12-24(19)21(17)26/h10-11,13H,2,4-9,12,14H2,1,3H3. The van der Waals surface area contributed by atoms with Crippen LogP contribution in [0.4, 0.5) is 0 Å². The number of hydrogen-bond acceptors (Lipinski definition) is 3. The lowest BCUT2D eigenvalue weighted by Gasteiger charge is -2.21. The van der Waals surface area contributed by atoms with Crippen LogP contribution in [0.5, 0.6) is 0 Å². The average Bonchev–Trinajstić information content (AvgIpc) is 2.60. The summed E-state index contributed by atoms with van der Waals surface area (Å²) in [7, 11) is 0. The van der Waals surface area contributed by atoms with Crippen molar-refractivity contribution < 1.29 is 4.79 Å². The molecule has 1 aromatic heterocycles. The first-order valence-corrected chi connectivity index (χ1v) is 9.48. The highest BCUT2D eigenvalue weighted by Gasteiger charge is 2.17. The van der Waals surface area contributed by atoms with E-state index in [1.54, 1.807) is 23.1 Å². The van der Waals surface area contributed by atoms with Crippen molar-refractivity contribution in [2.75, 3.05) is 13.1 Å². The van der Waals surface area contributed by atoms with Crippen LogP contribution < -0.4 is 5.56 Å². The summed E-state index contributed by atoms with van der Waals surface area (Å²) in [6.07, 6.45) is 5.23. The Bertz CT molecular complexity index is 898. The zero-order chi connectivity index (χ0) is 18.7. The summed E-state index contributed by atoms with van der Waals surface area (Å²) in [5.74, 6) is 0.798. The number of aryl methyl sites for hydroxylation is 1. The van der Waals surface area contributed by atoms with Gasteiger partial charge in [0.05, 0.1) is 10.9 Å². The molecular formula is C21H27N3O2. The number of fused-ring (bicyclic) bond motifs is 2. The number of carbonyl (C=O) groups is 1. The summed E-state index contributed by atoms with van der Waals surface area (Å²) in [5.41, 5.74) is 2.15. The molecule has 2 heterocycles. The quantitative estimate of drug-likeness (QED) is 0.790. The minimum absolute atomic E-state index is 0.0141. The molecule has 0 radical (unpaired) electrons. The van der Waals surface area contributed by atoms with Gasteiger partial charge >= 0.3 is 0 Å². The van der Waals surface area contributed by atoms with Crippen LogP contribution in [0.15, 0.2) is 35.1 Å². The zero-order valence-electron chi connectivity index (χ0n) is 15.8. The molecule has 3 rings (SSSR count). The lowest BCUT2D eigenvalue weighted by Crippen LogP contribution is -2.32. The molecule has 138 valence electrons. The van der Waals surface area contributed by atoms with Gasteiger partial charge < -0.3 is 4.90 Å². The number of hydrogen-bond donors (Lipinski definition) is 0. The third kappa shape index (κ3) is 3.71. The van der Waals surface area contributed by atoms with Crippen molar-refractivity contribution in [3.8, 4) is 0 Å². The molecule has 2 aromatic rings. The van der Waals surface area contributed by atoms with Gasteiger partial charge in [0.2, 0.25) is 0 Å². The van der Waals surface area contributed by atoms with Gasteiger partial charge in [-0.2, -0.15) is 0 Å². The van der Waals surface area contributed by atoms with E-state index in [9.17, 15) is 9.59 Å². The maximum absolute atomic E-state index is 12.9. The summed E-state index contributed by atoms with van der Waals surface area (Å²) < 4.78 is 1.82. The number of likely N-dealkylation sites (N-methyl/N-ethyl adjacent to an activating group) is 1. The molecule has 0 fully saturated rings. The van der Waals surface area contributed by atoms with Crippen LogP contribution in [0, 0.1) is 0 Å². The second-order valence-electron chi connectivity index (χ2n) is 7.16. The molecule has 0 aliphatic carbocycles. The number of benzene rings is 1. The van der Waals surface area contributed by atoms with Crippen molar-refractivity contribution in [2.24, 2.45) is 0 Å². The summed E-state index contributed by atoms with van der Waals surface area (Å²) in [6.45, 7) is 9.65. The van der Waals surface area contributed by atoms with Crippen LogP contribution in [0.2, 0.25) is 0 Å². The monoisotopic (exact) mass is 353 g/mol. The van der Waals surface area contributed by atoms with Gasteiger partial charge in [0.25, 0.3) is 11.5 Å². The first-order valence-electron chi connectivity index (χ1n) is 9.48. The normalized spacial score (nSPS) is 14.4. The van der Waals surface area contributed by atoms with E-state index in [2.05, 4.69) is 6.58 Å². The molecule has 5 heteroatoms. The van der Waals surface area contributed by atoms with Gasteiger partial charge in [0.1, 0.15) is 5.82 Å². The predicted molar refractivity (Wildman–Crippen MR) is 105 cm³/mol. The second kappa shape index (κ2) is 7.85. The highest BCUT2D eigenvalue weighted by molar-refractivity contribution is 5.97. The lowest BCUT2D eigenvalue weighted by molar-refractivity contribution is 0.0778. The van der Waals surface area contributed by atoms with Crippen LogP contribution in [-0.4, -0.2) is 33.4 Å². The molecule has 1 amide bonds. The molecule has 26 heavy (non-hydrogen) atoms. The molecule has 0 N–H and O–H groups in total. The van der Waals surface area contributed by atoms with Gasteiger partial charge in [-0.3, -0.25) is 14.2 Å². The molecule has 5 nitrogen and oxygen atoms in total. The van der Waals surface area contributed by atoms with E-state index >= 15 is 0 Å². The fraction of sp³-hybridized carbons (Fsp3) is 0.476. The van der Waals surface area contributed by atoms with Gasteiger partial charge in [-0.15, -0.1) is 0 Å². The lowest BCUT2D eigenvalue weighted by atomic mass is 10.1. The minimum atomic E-state index is -0.0500. The van der Waals surface area contributed by atoms with Gasteiger partial charge in [0.15, 0.2) is 0 Å². The van der Waals surface area contributed by atoms with E-state index < -0.39 is 0 Å². The molecule has 0 bridgehead atoms. The van der Waals surface area contributed by atoms with Crippen LogP contribution in [0.25, 0.3) is 10.9 Å². The third-order valence-electron chi connectivity index (χ3n) is 4.94. The number of rotatable bonds is 4. The van der Waals surface area contributed by atoms with Gasteiger partial charge in [0, 0.05) is 31.6 Å². The molecule has 1 aromatic carbocycles. The molecule has 0 unspecified atom stereocenters. The van der Waals surface area contributed by atoms with Crippen LogP contribution in [0.3, 0.4) is 0 Å². The maximum atomic E-state index is 12.9. The van der Waals surface area contributed by atoms with Crippen molar-refractivity contribution in [1.29, 1.82) is 0 Å². The summed E-state index contributed by atoms with van der Waals surface area (Å²) in [6, 6.07) is 5.25. The van der Waals surface area contributed by atoms with Crippen LogP contribution >= 0.6 is 0 Å². The van der Waals surface area contributed by atoms with E-state index in [0.29, 0.717) is 29.6 Å². The fourth-order valence-corrected chi connectivity index (χ4v) is 3.56. The summed E-state index contributed by atoms with van der Waals surface area (Å²) in [4.78, 5) is 32.2. The molecular weight excluding hydrogens is 326 g/mol. The van der Waals surface area contributed by atoms with Crippen LogP contribution in [0.1, 0.15) is 55.7 Å². The number of amides is 1. The number of nitrogens with zero attached hydrogens (tertiary/aromatic N) is 3. The molecule has 1 aliphatic rings. The van der Waals surface area contributed by atoms with Crippen LogP contribution in [-0.2, 0) is 13.0 Å². The number of aromatic nitrogens is 2. The molecule has 0 atom stereocenters. The average molecular weight is 353 g/mol. The molecule has 0 spiro atoms. The van der Waals surface area contributed by atoms with Crippen molar-refractivity contribution in [2.45, 2.75) is 52.5 Å². The largest absolute Gasteiger partial charge is 0.335 e. The van der Waals surface area contributed by atoms with Crippen molar-refractivity contribution in [1.82, 2.24) is 14.5 Å². The van der Waals surface area contributed by atoms with E-state index in [4.69, 9.17) is 4.98 Å². The number of carbonyl (C=O) groups excluding carboxylic acids is 1. The van der Waals surface area contributed by atoms with Crippen molar-refractivity contribution >= 4 is 16.8 Å². The van der Waals surface area contributed by atoms with E-state index in [1.165, 1.54) is 6.42 Å². The van der Waals surface area contributed by atoms with Crippen molar-refractivity contribution in [3.05, 3.63) is 52.1 Å². The Morgan fingerprint density at radius 3 is 2.77 bits per heavy atom. The van der Waals surface area contributed by atoms with E-state index in [1.807, 2.05) is 18.4 Å². The van der Waals surface area contributed by atoms with E-state index in [-0.39, 0.29) is 11.5 Å². The first-order chi connectivity index (χ1) is 12.5. The highest BCUT2D eigenvalue weighted by atomic mass is 16.2. The fourth-order valence-electron chi connectivity index (χ4n) is 3.56. The SMILES string of the molecule is C=C(C)CN(CC)C(=O)c1ccc2c(=O)n3c(nc2c1)CCCCCC3. The smallest absolute Gasteiger partial charge is 0.261 e. The Morgan fingerprint density at radius 2 is 2.04 bits per heavy atom. The molecule has 0 saturated heterocycles. The Morgan fingerprint density at radius 1 is 1.27 bits per heavy atom. The van der Waals surface area contributed by atoms with E-state index in [0.717, 1.165) is 43.6 Å². The topological polar surface area (TPSA) is 55.2 Å². The van der Waals surface area contributed by atoms with Gasteiger partial charge in [-0.25, -0.2) is 4.98 Å². The summed E-state index contributed by atoms with van der Waals surface area (Å²) >= 11 is 0. The predicted octanol–water partition coefficient (Wildman–Crippen LogP) is 3.55. The Kier molecular flexibility index (Phi) is 5.55.